The first-order valence-electron chi connectivity index (χ1n) is 7.83. The number of hydrogen-bond acceptors (Lipinski definition) is 3. The van der Waals surface area contributed by atoms with E-state index >= 15 is 0 Å². The minimum atomic E-state index is -0.0926. The molecule has 1 unspecified atom stereocenters. The van der Waals surface area contributed by atoms with Crippen LogP contribution < -0.4 is 10.2 Å². The maximum Gasteiger partial charge on any atom is 0.238 e. The Balaban J connectivity index is 1.91. The first-order chi connectivity index (χ1) is 11.4. The largest absolute Gasteiger partial charge is 0.326 e. The number of thioether (sulfide) groups is 1. The van der Waals surface area contributed by atoms with Crippen molar-refractivity contribution in [3.05, 3.63) is 59.2 Å². The Labute approximate surface area is 146 Å². The van der Waals surface area contributed by atoms with Crippen LogP contribution in [0.2, 0.25) is 0 Å². The molecule has 2 amide bonds. The van der Waals surface area contributed by atoms with E-state index in [0.717, 1.165) is 28.1 Å². The molecule has 24 heavy (non-hydrogen) atoms. The molecule has 5 heteroatoms. The lowest BCUT2D eigenvalue weighted by atomic mass is 10.1. The third-order valence-corrected chi connectivity index (χ3v) is 5.08. The highest BCUT2D eigenvalue weighted by Gasteiger charge is 2.34. The van der Waals surface area contributed by atoms with E-state index in [9.17, 15) is 9.59 Å². The Kier molecular flexibility index (Phi) is 4.62. The zero-order valence-electron chi connectivity index (χ0n) is 14.0. The van der Waals surface area contributed by atoms with Gasteiger partial charge in [-0.05, 0) is 54.8 Å². The second-order valence-corrected chi connectivity index (χ2v) is 7.14. The van der Waals surface area contributed by atoms with Crippen molar-refractivity contribution in [2.45, 2.75) is 26.1 Å². The molecule has 0 radical (unpaired) electrons. The molecule has 2 aromatic rings. The van der Waals surface area contributed by atoms with Crippen LogP contribution in [0.15, 0.2) is 42.5 Å². The summed E-state index contributed by atoms with van der Waals surface area (Å²) >= 11 is 1.63. The molecule has 1 aliphatic heterocycles. The molecule has 1 fully saturated rings. The number of nitrogens with one attached hydrogen (secondary N) is 1. The van der Waals surface area contributed by atoms with E-state index in [1.165, 1.54) is 6.92 Å². The van der Waals surface area contributed by atoms with Gasteiger partial charge in [-0.15, -0.1) is 11.8 Å². The van der Waals surface area contributed by atoms with Crippen LogP contribution in [0.4, 0.5) is 11.4 Å². The number of benzene rings is 2. The van der Waals surface area contributed by atoms with Crippen LogP contribution in [0, 0.1) is 13.8 Å². The highest BCUT2D eigenvalue weighted by Crippen LogP contribution is 2.42. The number of hydrogen-bond donors (Lipinski definition) is 1. The van der Waals surface area contributed by atoms with Crippen molar-refractivity contribution in [3.63, 3.8) is 0 Å². The summed E-state index contributed by atoms with van der Waals surface area (Å²) in [6, 6.07) is 13.9. The van der Waals surface area contributed by atoms with E-state index < -0.39 is 0 Å². The van der Waals surface area contributed by atoms with Crippen molar-refractivity contribution >= 4 is 35.0 Å². The van der Waals surface area contributed by atoms with Crippen molar-refractivity contribution < 1.29 is 9.59 Å². The molecule has 0 bridgehead atoms. The lowest BCUT2D eigenvalue weighted by Crippen LogP contribution is -2.28. The number of carbonyl (C=O) groups excluding carboxylic acids is 2. The number of anilines is 2. The molecule has 124 valence electrons. The van der Waals surface area contributed by atoms with Gasteiger partial charge in [0.2, 0.25) is 11.8 Å². The van der Waals surface area contributed by atoms with E-state index in [1.807, 2.05) is 43.0 Å². The summed E-state index contributed by atoms with van der Waals surface area (Å²) in [7, 11) is 0. The summed E-state index contributed by atoms with van der Waals surface area (Å²) in [5, 5.41) is 2.73. The van der Waals surface area contributed by atoms with Gasteiger partial charge in [0.1, 0.15) is 5.37 Å². The average Bonchev–Trinajstić information content (AvgIpc) is 2.88. The molecule has 4 nitrogen and oxygen atoms in total. The lowest BCUT2D eigenvalue weighted by Gasteiger charge is -2.25. The zero-order valence-corrected chi connectivity index (χ0v) is 14.8. The second-order valence-electron chi connectivity index (χ2n) is 6.08. The number of aryl methyl sites for hydroxylation is 2. The summed E-state index contributed by atoms with van der Waals surface area (Å²) in [4.78, 5) is 25.4. The fourth-order valence-electron chi connectivity index (χ4n) is 2.97. The smallest absolute Gasteiger partial charge is 0.238 e. The van der Waals surface area contributed by atoms with Gasteiger partial charge in [-0.1, -0.05) is 18.2 Å². The van der Waals surface area contributed by atoms with Crippen molar-refractivity contribution in [2.24, 2.45) is 0 Å². The van der Waals surface area contributed by atoms with E-state index in [4.69, 9.17) is 0 Å². The summed E-state index contributed by atoms with van der Waals surface area (Å²) in [6.07, 6.45) is 0. The molecule has 1 saturated heterocycles. The Hall–Kier alpha value is -2.27. The van der Waals surface area contributed by atoms with E-state index in [0.29, 0.717) is 5.75 Å². The van der Waals surface area contributed by atoms with E-state index in [2.05, 4.69) is 23.5 Å². The third-order valence-electron chi connectivity index (χ3n) is 3.87. The molecule has 0 aromatic heterocycles. The summed E-state index contributed by atoms with van der Waals surface area (Å²) in [5.74, 6) is 0.511. The fraction of sp³-hybridized carbons (Fsp3) is 0.263. The minimum absolute atomic E-state index is 0.0370. The maximum atomic E-state index is 12.4. The Bertz CT molecular complexity index is 766. The van der Waals surface area contributed by atoms with Crippen LogP contribution in [0.5, 0.6) is 0 Å². The molecular formula is C19H20N2O2S. The van der Waals surface area contributed by atoms with Gasteiger partial charge in [-0.25, -0.2) is 0 Å². The highest BCUT2D eigenvalue weighted by atomic mass is 32.2. The predicted molar refractivity (Wildman–Crippen MR) is 99.3 cm³/mol. The maximum absolute atomic E-state index is 12.4. The molecular weight excluding hydrogens is 320 g/mol. The Morgan fingerprint density at radius 3 is 2.33 bits per heavy atom. The SMILES string of the molecule is CC(=O)Nc1ccc(C2SCC(=O)N2c2cc(C)cc(C)c2)cc1. The fourth-order valence-corrected chi connectivity index (χ4v) is 4.15. The van der Waals surface area contributed by atoms with Crippen LogP contribution >= 0.6 is 11.8 Å². The molecule has 1 aliphatic rings. The molecule has 3 rings (SSSR count). The van der Waals surface area contributed by atoms with Gasteiger partial charge in [0.25, 0.3) is 0 Å². The molecule has 2 aromatic carbocycles. The average molecular weight is 340 g/mol. The number of nitrogens with zero attached hydrogens (tertiary/aromatic N) is 1. The van der Waals surface area contributed by atoms with Gasteiger partial charge < -0.3 is 5.32 Å². The van der Waals surface area contributed by atoms with E-state index in [-0.39, 0.29) is 17.2 Å². The number of carbonyl (C=O) groups is 2. The van der Waals surface area contributed by atoms with Gasteiger partial charge in [0.05, 0.1) is 5.75 Å². The van der Waals surface area contributed by atoms with Crippen molar-refractivity contribution in [1.29, 1.82) is 0 Å². The van der Waals surface area contributed by atoms with Crippen LogP contribution in [-0.2, 0) is 9.59 Å². The molecule has 1 N–H and O–H groups in total. The monoisotopic (exact) mass is 340 g/mol. The summed E-state index contributed by atoms with van der Waals surface area (Å²) < 4.78 is 0. The standard InChI is InChI=1S/C19H20N2O2S/c1-12-8-13(2)10-17(9-12)21-18(23)11-24-19(21)15-4-6-16(7-5-15)20-14(3)22/h4-10,19H,11H2,1-3H3,(H,20,22). The third kappa shape index (κ3) is 3.46. The lowest BCUT2D eigenvalue weighted by molar-refractivity contribution is -0.116. The topological polar surface area (TPSA) is 49.4 Å². The molecule has 0 aliphatic carbocycles. The quantitative estimate of drug-likeness (QED) is 0.917. The van der Waals surface area contributed by atoms with Crippen molar-refractivity contribution in [2.75, 3.05) is 16.0 Å². The molecule has 0 spiro atoms. The predicted octanol–water partition coefficient (Wildman–Crippen LogP) is 4.04. The Morgan fingerprint density at radius 2 is 1.75 bits per heavy atom. The normalized spacial score (nSPS) is 17.2. The van der Waals surface area contributed by atoms with Crippen LogP contribution in [0.3, 0.4) is 0 Å². The highest BCUT2D eigenvalue weighted by molar-refractivity contribution is 8.00. The minimum Gasteiger partial charge on any atom is -0.326 e. The Morgan fingerprint density at radius 1 is 1.12 bits per heavy atom. The second kappa shape index (κ2) is 6.69. The van der Waals surface area contributed by atoms with Crippen LogP contribution in [0.25, 0.3) is 0 Å². The van der Waals surface area contributed by atoms with Gasteiger partial charge in [0, 0.05) is 18.3 Å². The van der Waals surface area contributed by atoms with E-state index in [1.54, 1.807) is 11.8 Å². The summed E-state index contributed by atoms with van der Waals surface area (Å²) in [6.45, 7) is 5.57. The number of amides is 2. The van der Waals surface area contributed by atoms with Gasteiger partial charge >= 0.3 is 0 Å². The van der Waals surface area contributed by atoms with Crippen LogP contribution in [-0.4, -0.2) is 17.6 Å². The molecule has 1 atom stereocenters. The first kappa shape index (κ1) is 16.6. The summed E-state index contributed by atoms with van der Waals surface area (Å²) in [5.41, 5.74) is 5.06. The van der Waals surface area contributed by atoms with Crippen molar-refractivity contribution in [1.82, 2.24) is 0 Å². The van der Waals surface area contributed by atoms with Gasteiger partial charge in [0.15, 0.2) is 0 Å². The molecule has 0 saturated carbocycles. The number of rotatable bonds is 3. The molecule has 1 heterocycles. The van der Waals surface area contributed by atoms with Crippen LogP contribution in [0.1, 0.15) is 29.0 Å². The zero-order chi connectivity index (χ0) is 17.3. The first-order valence-corrected chi connectivity index (χ1v) is 8.88. The van der Waals surface area contributed by atoms with Gasteiger partial charge in [-0.3, -0.25) is 14.5 Å². The van der Waals surface area contributed by atoms with Gasteiger partial charge in [-0.2, -0.15) is 0 Å². The van der Waals surface area contributed by atoms with Crippen molar-refractivity contribution in [3.8, 4) is 0 Å².